The van der Waals surface area contributed by atoms with Crippen molar-refractivity contribution in [2.45, 2.75) is 13.8 Å². The van der Waals surface area contributed by atoms with E-state index < -0.39 is 0 Å². The number of fused-ring (bicyclic) bond motifs is 3. The van der Waals surface area contributed by atoms with E-state index in [4.69, 9.17) is 0 Å². The Kier molecular flexibility index (Phi) is 1.65. The third-order valence-electron chi connectivity index (χ3n) is 3.12. The molecule has 3 rings (SSSR count). The molecule has 0 fully saturated rings. The summed E-state index contributed by atoms with van der Waals surface area (Å²) >= 11 is 1.66. The number of aryl methyl sites for hydroxylation is 1. The van der Waals surface area contributed by atoms with Crippen molar-refractivity contribution in [3.8, 4) is 10.4 Å². The second-order valence-electron chi connectivity index (χ2n) is 3.92. The van der Waals surface area contributed by atoms with Crippen LogP contribution in [-0.4, -0.2) is 5.78 Å². The maximum absolute atomic E-state index is 12.0. The van der Waals surface area contributed by atoms with Gasteiger partial charge in [0.15, 0.2) is 5.78 Å². The van der Waals surface area contributed by atoms with E-state index in [9.17, 15) is 4.79 Å². The highest BCUT2D eigenvalue weighted by molar-refractivity contribution is 7.14. The molecule has 0 radical (unpaired) electrons. The predicted octanol–water partition coefficient (Wildman–Crippen LogP) is 3.58. The summed E-state index contributed by atoms with van der Waals surface area (Å²) in [6.07, 6.45) is 0. The number of benzene rings is 1. The summed E-state index contributed by atoms with van der Waals surface area (Å²) < 4.78 is 0. The Balaban J connectivity index is 2.45. The first kappa shape index (κ1) is 8.86. The van der Waals surface area contributed by atoms with Crippen LogP contribution >= 0.6 is 11.3 Å². The second kappa shape index (κ2) is 2.80. The van der Waals surface area contributed by atoms with Crippen molar-refractivity contribution in [2.24, 2.45) is 0 Å². The minimum absolute atomic E-state index is 0.185. The minimum atomic E-state index is 0.185. The fourth-order valence-electron chi connectivity index (χ4n) is 2.12. The van der Waals surface area contributed by atoms with E-state index in [-0.39, 0.29) is 5.78 Å². The quantitative estimate of drug-likeness (QED) is 0.559. The number of thiophene rings is 1. The molecular formula is C13H10OS. The normalized spacial score (nSPS) is 12.8. The van der Waals surface area contributed by atoms with Crippen molar-refractivity contribution in [1.29, 1.82) is 0 Å². The molecule has 1 aromatic heterocycles. The second-order valence-corrected chi connectivity index (χ2v) is 4.84. The summed E-state index contributed by atoms with van der Waals surface area (Å²) in [5.41, 5.74) is 5.40. The van der Waals surface area contributed by atoms with Gasteiger partial charge in [0.25, 0.3) is 0 Å². The maximum atomic E-state index is 12.0. The lowest BCUT2D eigenvalue weighted by Crippen LogP contribution is -1.95. The zero-order valence-corrected chi connectivity index (χ0v) is 9.44. The van der Waals surface area contributed by atoms with Crippen LogP contribution in [0.15, 0.2) is 23.6 Å². The average molecular weight is 214 g/mol. The zero-order valence-electron chi connectivity index (χ0n) is 8.63. The van der Waals surface area contributed by atoms with E-state index in [1.165, 1.54) is 11.1 Å². The predicted molar refractivity (Wildman–Crippen MR) is 62.7 cm³/mol. The Hall–Kier alpha value is -1.41. The third kappa shape index (κ3) is 0.999. The Bertz CT molecular complexity index is 578. The van der Waals surface area contributed by atoms with Crippen LogP contribution in [0.3, 0.4) is 0 Å². The van der Waals surface area contributed by atoms with Crippen LogP contribution in [-0.2, 0) is 0 Å². The van der Waals surface area contributed by atoms with Crippen molar-refractivity contribution >= 4 is 17.1 Å². The van der Waals surface area contributed by atoms with Gasteiger partial charge in [0.2, 0.25) is 0 Å². The van der Waals surface area contributed by atoms with E-state index in [0.717, 1.165) is 21.6 Å². The van der Waals surface area contributed by atoms with E-state index in [2.05, 4.69) is 13.8 Å². The highest BCUT2D eigenvalue weighted by Crippen LogP contribution is 2.42. The lowest BCUT2D eigenvalue weighted by molar-refractivity contribution is 0.104. The molecule has 0 aliphatic heterocycles. The third-order valence-corrected chi connectivity index (χ3v) is 4.05. The van der Waals surface area contributed by atoms with Crippen molar-refractivity contribution in [1.82, 2.24) is 0 Å². The summed E-state index contributed by atoms with van der Waals surface area (Å²) in [5.74, 6) is 0.185. The number of carbonyl (C=O) groups excluding carboxylic acids is 1. The molecule has 1 heterocycles. The fourth-order valence-corrected chi connectivity index (χ4v) is 3.13. The SMILES string of the molecule is Cc1ccc2c(c1C)-c1sccc1C2=O. The molecule has 1 nitrogen and oxygen atoms in total. The standard InChI is InChI=1S/C13H10OS/c1-7-3-4-9-11(8(7)2)13-10(12(9)14)5-6-15-13/h3-6H,1-2H3. The monoisotopic (exact) mass is 214 g/mol. The van der Waals surface area contributed by atoms with Gasteiger partial charge in [-0.15, -0.1) is 11.3 Å². The van der Waals surface area contributed by atoms with Crippen LogP contribution in [0.5, 0.6) is 0 Å². The molecule has 15 heavy (non-hydrogen) atoms. The van der Waals surface area contributed by atoms with Gasteiger partial charge in [-0.1, -0.05) is 12.1 Å². The number of ketones is 1. The summed E-state index contributed by atoms with van der Waals surface area (Å²) in [6, 6.07) is 5.91. The molecule has 0 amide bonds. The van der Waals surface area contributed by atoms with Gasteiger partial charge >= 0.3 is 0 Å². The van der Waals surface area contributed by atoms with Crippen LogP contribution in [0, 0.1) is 13.8 Å². The molecule has 0 saturated heterocycles. The highest BCUT2D eigenvalue weighted by Gasteiger charge is 2.29. The molecule has 1 aliphatic rings. The van der Waals surface area contributed by atoms with E-state index in [0.29, 0.717) is 0 Å². The fraction of sp³-hybridized carbons (Fsp3) is 0.154. The summed E-state index contributed by atoms with van der Waals surface area (Å²) in [4.78, 5) is 13.2. The summed E-state index contributed by atoms with van der Waals surface area (Å²) in [6.45, 7) is 4.18. The van der Waals surface area contributed by atoms with Gasteiger partial charge in [0.05, 0.1) is 0 Å². The van der Waals surface area contributed by atoms with Gasteiger partial charge < -0.3 is 0 Å². The first-order valence-corrected chi connectivity index (χ1v) is 5.81. The molecule has 1 aromatic carbocycles. The largest absolute Gasteiger partial charge is 0.289 e. The number of carbonyl (C=O) groups is 1. The Morgan fingerprint density at radius 3 is 2.67 bits per heavy atom. The molecule has 74 valence electrons. The smallest absolute Gasteiger partial charge is 0.195 e. The zero-order chi connectivity index (χ0) is 10.6. The van der Waals surface area contributed by atoms with Gasteiger partial charge in [-0.2, -0.15) is 0 Å². The number of hydrogen-bond acceptors (Lipinski definition) is 2. The van der Waals surface area contributed by atoms with Gasteiger partial charge in [-0.05, 0) is 36.4 Å². The summed E-state index contributed by atoms with van der Waals surface area (Å²) in [7, 11) is 0. The molecule has 0 saturated carbocycles. The molecular weight excluding hydrogens is 204 g/mol. The Labute approximate surface area is 92.4 Å². The molecule has 0 N–H and O–H groups in total. The minimum Gasteiger partial charge on any atom is -0.289 e. The number of hydrogen-bond donors (Lipinski definition) is 0. The first-order valence-electron chi connectivity index (χ1n) is 4.93. The topological polar surface area (TPSA) is 17.1 Å². The van der Waals surface area contributed by atoms with E-state index >= 15 is 0 Å². The first-order chi connectivity index (χ1) is 7.20. The van der Waals surface area contributed by atoms with Crippen LogP contribution in [0.25, 0.3) is 10.4 Å². The van der Waals surface area contributed by atoms with E-state index in [1.54, 1.807) is 11.3 Å². The van der Waals surface area contributed by atoms with Gasteiger partial charge in [-0.3, -0.25) is 4.79 Å². The van der Waals surface area contributed by atoms with E-state index in [1.807, 2.05) is 23.6 Å². The highest BCUT2D eigenvalue weighted by atomic mass is 32.1. The lowest BCUT2D eigenvalue weighted by atomic mass is 10.00. The lowest BCUT2D eigenvalue weighted by Gasteiger charge is -2.06. The van der Waals surface area contributed by atoms with Crippen molar-refractivity contribution in [3.63, 3.8) is 0 Å². The van der Waals surface area contributed by atoms with Crippen LogP contribution in [0.1, 0.15) is 27.0 Å². The molecule has 2 heteroatoms. The molecule has 0 atom stereocenters. The van der Waals surface area contributed by atoms with Crippen LogP contribution in [0.2, 0.25) is 0 Å². The average Bonchev–Trinajstić information content (AvgIpc) is 2.76. The van der Waals surface area contributed by atoms with Gasteiger partial charge in [0.1, 0.15) is 0 Å². The van der Waals surface area contributed by atoms with Crippen LogP contribution < -0.4 is 0 Å². The molecule has 0 spiro atoms. The van der Waals surface area contributed by atoms with Crippen molar-refractivity contribution < 1.29 is 4.79 Å². The summed E-state index contributed by atoms with van der Waals surface area (Å²) in [5, 5.41) is 1.99. The maximum Gasteiger partial charge on any atom is 0.195 e. The van der Waals surface area contributed by atoms with Crippen LogP contribution in [0.4, 0.5) is 0 Å². The van der Waals surface area contributed by atoms with Crippen molar-refractivity contribution in [3.05, 3.63) is 45.8 Å². The molecule has 1 aliphatic carbocycles. The van der Waals surface area contributed by atoms with Gasteiger partial charge in [0, 0.05) is 21.6 Å². The Morgan fingerprint density at radius 1 is 1.07 bits per heavy atom. The van der Waals surface area contributed by atoms with Gasteiger partial charge in [-0.25, -0.2) is 0 Å². The molecule has 0 unspecified atom stereocenters. The molecule has 2 aromatic rings. The van der Waals surface area contributed by atoms with Crippen molar-refractivity contribution in [2.75, 3.05) is 0 Å². The molecule has 0 bridgehead atoms. The number of rotatable bonds is 0. The Morgan fingerprint density at radius 2 is 1.87 bits per heavy atom.